The van der Waals surface area contributed by atoms with Gasteiger partial charge in [-0.3, -0.25) is 14.4 Å². The van der Waals surface area contributed by atoms with Crippen molar-refractivity contribution in [3.05, 3.63) is 52.8 Å². The van der Waals surface area contributed by atoms with Crippen molar-refractivity contribution in [2.45, 2.75) is 32.4 Å². The van der Waals surface area contributed by atoms with Gasteiger partial charge in [-0.05, 0) is 24.6 Å². The number of halogens is 6. The lowest BCUT2D eigenvalue weighted by Gasteiger charge is -2.35. The molecule has 0 spiro atoms. The third-order valence-electron chi connectivity index (χ3n) is 4.86. The van der Waals surface area contributed by atoms with Crippen molar-refractivity contribution < 1.29 is 31.1 Å². The fraction of sp³-hybridized carbons (Fsp3) is 0.474. The predicted octanol–water partition coefficient (Wildman–Crippen LogP) is 3.57. The molecule has 1 aromatic heterocycles. The van der Waals surface area contributed by atoms with Crippen molar-refractivity contribution in [3.8, 4) is 0 Å². The van der Waals surface area contributed by atoms with Crippen molar-refractivity contribution in [2.24, 2.45) is 0 Å². The van der Waals surface area contributed by atoms with Gasteiger partial charge in [0.25, 0.3) is 0 Å². The molecule has 164 valence electrons. The Bertz CT molecular complexity index is 897. The maximum Gasteiger partial charge on any atom is 0.433 e. The Morgan fingerprint density at radius 3 is 2.27 bits per heavy atom. The molecule has 1 amide bonds. The number of rotatable bonds is 4. The van der Waals surface area contributed by atoms with Gasteiger partial charge in [0.05, 0.1) is 11.3 Å². The number of alkyl halides is 6. The average molecular weight is 434 g/mol. The summed E-state index contributed by atoms with van der Waals surface area (Å²) in [4.78, 5) is 15.8. The topological polar surface area (TPSA) is 41.4 Å². The maximum absolute atomic E-state index is 13.1. The molecule has 30 heavy (non-hydrogen) atoms. The number of piperazine rings is 1. The van der Waals surface area contributed by atoms with Crippen molar-refractivity contribution in [1.29, 1.82) is 0 Å². The zero-order valence-electron chi connectivity index (χ0n) is 16.1. The number of carbonyl (C=O) groups excluding carboxylic acids is 1. The van der Waals surface area contributed by atoms with Crippen LogP contribution in [0.4, 0.5) is 26.3 Å². The van der Waals surface area contributed by atoms with Gasteiger partial charge < -0.3 is 4.90 Å². The van der Waals surface area contributed by atoms with Gasteiger partial charge in [-0.25, -0.2) is 0 Å². The van der Waals surface area contributed by atoms with Crippen LogP contribution in [0.3, 0.4) is 0 Å². The van der Waals surface area contributed by atoms with E-state index in [0.29, 0.717) is 29.9 Å². The Kier molecular flexibility index (Phi) is 6.11. The van der Waals surface area contributed by atoms with Crippen LogP contribution in [-0.2, 0) is 30.2 Å². The summed E-state index contributed by atoms with van der Waals surface area (Å²) in [5.41, 5.74) is -1.02. The smallest absolute Gasteiger partial charge is 0.339 e. The molecule has 2 heterocycles. The van der Waals surface area contributed by atoms with Crippen LogP contribution in [-0.4, -0.2) is 51.7 Å². The number of nitrogens with zero attached hydrogens (tertiary/aromatic N) is 4. The fourth-order valence-electron chi connectivity index (χ4n) is 3.38. The van der Waals surface area contributed by atoms with E-state index in [0.717, 1.165) is 18.2 Å². The van der Waals surface area contributed by atoms with E-state index in [1.807, 2.05) is 4.90 Å². The van der Waals surface area contributed by atoms with Crippen LogP contribution in [0.2, 0.25) is 0 Å². The van der Waals surface area contributed by atoms with Crippen molar-refractivity contribution >= 4 is 5.91 Å². The summed E-state index contributed by atoms with van der Waals surface area (Å²) < 4.78 is 78.3. The molecule has 1 aromatic carbocycles. The Hall–Kier alpha value is -2.56. The van der Waals surface area contributed by atoms with Gasteiger partial charge in [-0.2, -0.15) is 31.4 Å². The highest BCUT2D eigenvalue weighted by Crippen LogP contribution is 2.30. The maximum atomic E-state index is 13.1. The molecule has 1 saturated heterocycles. The van der Waals surface area contributed by atoms with Gasteiger partial charge in [0.1, 0.15) is 12.2 Å². The molecule has 0 aliphatic carbocycles. The first kappa shape index (κ1) is 22.1. The fourth-order valence-corrected chi connectivity index (χ4v) is 3.38. The minimum atomic E-state index is -4.61. The zero-order valence-corrected chi connectivity index (χ0v) is 16.1. The molecular weight excluding hydrogens is 414 g/mol. The van der Waals surface area contributed by atoms with E-state index < -0.39 is 36.1 Å². The van der Waals surface area contributed by atoms with Crippen LogP contribution >= 0.6 is 0 Å². The molecular formula is C19H20F6N4O. The van der Waals surface area contributed by atoms with Crippen LogP contribution in [0.5, 0.6) is 0 Å². The molecule has 0 bridgehead atoms. The van der Waals surface area contributed by atoms with E-state index in [4.69, 9.17) is 0 Å². The molecule has 3 rings (SSSR count). The number of benzene rings is 1. The van der Waals surface area contributed by atoms with Gasteiger partial charge in [0.15, 0.2) is 0 Å². The standard InChI is InChI=1S/C19H20F6N4O/c1-13-9-16(19(23,24)25)29(26-13)12-17(30)28-7-5-27(6-8-28)11-14-3-2-4-15(10-14)18(20,21)22/h2-4,9-10H,5-8,11-12H2,1H3. The van der Waals surface area contributed by atoms with Gasteiger partial charge >= 0.3 is 12.4 Å². The molecule has 0 radical (unpaired) electrons. The second kappa shape index (κ2) is 8.29. The minimum Gasteiger partial charge on any atom is -0.339 e. The third-order valence-corrected chi connectivity index (χ3v) is 4.86. The molecule has 1 aliphatic heterocycles. The van der Waals surface area contributed by atoms with Crippen LogP contribution in [0.25, 0.3) is 0 Å². The number of amides is 1. The molecule has 0 atom stereocenters. The van der Waals surface area contributed by atoms with E-state index in [1.54, 1.807) is 6.07 Å². The normalized spacial score (nSPS) is 16.2. The Labute approximate surface area is 168 Å². The lowest BCUT2D eigenvalue weighted by atomic mass is 10.1. The second-order valence-corrected chi connectivity index (χ2v) is 7.18. The Morgan fingerprint density at radius 2 is 1.67 bits per heavy atom. The first-order chi connectivity index (χ1) is 13.9. The van der Waals surface area contributed by atoms with E-state index in [-0.39, 0.29) is 18.8 Å². The summed E-state index contributed by atoms with van der Waals surface area (Å²) in [5.74, 6) is -0.484. The number of aromatic nitrogens is 2. The van der Waals surface area contributed by atoms with E-state index in [9.17, 15) is 31.1 Å². The molecule has 2 aromatic rings. The molecule has 5 nitrogen and oxygen atoms in total. The van der Waals surface area contributed by atoms with Gasteiger partial charge in [0, 0.05) is 32.7 Å². The van der Waals surface area contributed by atoms with Crippen molar-refractivity contribution in [3.63, 3.8) is 0 Å². The zero-order chi connectivity index (χ0) is 22.1. The van der Waals surface area contributed by atoms with Crippen LogP contribution in [0.15, 0.2) is 30.3 Å². The predicted molar refractivity (Wildman–Crippen MR) is 95.3 cm³/mol. The summed E-state index contributed by atoms with van der Waals surface area (Å²) in [6.45, 7) is 2.57. The lowest BCUT2D eigenvalue weighted by Crippen LogP contribution is -2.49. The summed E-state index contributed by atoms with van der Waals surface area (Å²) in [6.07, 6.45) is -9.02. The highest BCUT2D eigenvalue weighted by atomic mass is 19.4. The van der Waals surface area contributed by atoms with Crippen LogP contribution in [0.1, 0.15) is 22.5 Å². The minimum absolute atomic E-state index is 0.168. The quantitative estimate of drug-likeness (QED) is 0.691. The summed E-state index contributed by atoms with van der Waals surface area (Å²) in [5, 5.41) is 3.76. The number of hydrogen-bond acceptors (Lipinski definition) is 3. The first-order valence-corrected chi connectivity index (χ1v) is 9.21. The summed E-state index contributed by atoms with van der Waals surface area (Å²) in [6, 6.07) is 5.94. The average Bonchev–Trinajstić information content (AvgIpc) is 3.02. The highest BCUT2D eigenvalue weighted by molar-refractivity contribution is 5.76. The van der Waals surface area contributed by atoms with Crippen LogP contribution < -0.4 is 0 Å². The lowest BCUT2D eigenvalue weighted by molar-refractivity contribution is -0.146. The molecule has 11 heteroatoms. The van der Waals surface area contributed by atoms with Crippen molar-refractivity contribution in [2.75, 3.05) is 26.2 Å². The SMILES string of the molecule is Cc1cc(C(F)(F)F)n(CC(=O)N2CCN(Cc3cccc(C(F)(F)F)c3)CC2)n1. The van der Waals surface area contributed by atoms with Crippen LogP contribution in [0, 0.1) is 6.92 Å². The number of aryl methyl sites for hydroxylation is 1. The van der Waals surface area contributed by atoms with E-state index in [2.05, 4.69) is 5.10 Å². The summed E-state index contributed by atoms with van der Waals surface area (Å²) >= 11 is 0. The van der Waals surface area contributed by atoms with Gasteiger partial charge in [-0.15, -0.1) is 0 Å². The molecule has 0 N–H and O–H groups in total. The van der Waals surface area contributed by atoms with Gasteiger partial charge in [-0.1, -0.05) is 18.2 Å². The Balaban J connectivity index is 1.57. The molecule has 1 aliphatic rings. The second-order valence-electron chi connectivity index (χ2n) is 7.18. The number of carbonyl (C=O) groups is 1. The highest BCUT2D eigenvalue weighted by Gasteiger charge is 2.36. The summed E-state index contributed by atoms with van der Waals surface area (Å²) in [7, 11) is 0. The largest absolute Gasteiger partial charge is 0.433 e. The Morgan fingerprint density at radius 1 is 1.00 bits per heavy atom. The van der Waals surface area contributed by atoms with Crippen molar-refractivity contribution in [1.82, 2.24) is 19.6 Å². The molecule has 0 saturated carbocycles. The first-order valence-electron chi connectivity index (χ1n) is 9.21. The molecule has 1 fully saturated rings. The molecule has 0 unspecified atom stereocenters. The monoisotopic (exact) mass is 434 g/mol. The van der Waals surface area contributed by atoms with E-state index >= 15 is 0 Å². The van der Waals surface area contributed by atoms with E-state index in [1.165, 1.54) is 17.9 Å². The number of hydrogen-bond donors (Lipinski definition) is 0. The van der Waals surface area contributed by atoms with Gasteiger partial charge in [0.2, 0.25) is 5.91 Å². The third kappa shape index (κ3) is 5.32.